The second-order valence-corrected chi connectivity index (χ2v) is 4.13. The van der Waals surface area contributed by atoms with E-state index < -0.39 is 5.97 Å². The summed E-state index contributed by atoms with van der Waals surface area (Å²) in [5, 5.41) is 17.9. The van der Waals surface area contributed by atoms with E-state index in [2.05, 4.69) is 0 Å². The smallest absolute Gasteiger partial charge is 0.307 e. The Labute approximate surface area is 105 Å². The standard InChI is InChI=1S/C15H14O3/c16-10-12-4-2-6-14(8-12)13-5-1-3-11(7-13)9-15(17)18/h1-8,16H,9-10H2,(H,17,18). The average Bonchev–Trinajstić information content (AvgIpc) is 2.38. The molecule has 0 aliphatic carbocycles. The van der Waals surface area contributed by atoms with Gasteiger partial charge in [0.05, 0.1) is 13.0 Å². The van der Waals surface area contributed by atoms with E-state index in [1.165, 1.54) is 0 Å². The molecule has 0 aromatic heterocycles. The van der Waals surface area contributed by atoms with Gasteiger partial charge in [0.25, 0.3) is 0 Å². The topological polar surface area (TPSA) is 57.5 Å². The molecule has 2 aromatic carbocycles. The molecule has 18 heavy (non-hydrogen) atoms. The van der Waals surface area contributed by atoms with E-state index in [1.807, 2.05) is 42.5 Å². The third-order valence-corrected chi connectivity index (χ3v) is 2.73. The highest BCUT2D eigenvalue weighted by Gasteiger charge is 2.03. The van der Waals surface area contributed by atoms with Crippen LogP contribution >= 0.6 is 0 Å². The average molecular weight is 242 g/mol. The number of benzene rings is 2. The molecule has 0 spiro atoms. The molecule has 3 heteroatoms. The fraction of sp³-hybridized carbons (Fsp3) is 0.133. The molecule has 0 heterocycles. The van der Waals surface area contributed by atoms with Crippen molar-refractivity contribution in [1.29, 1.82) is 0 Å². The minimum absolute atomic E-state index is 0.00264. The minimum atomic E-state index is -0.837. The molecule has 0 unspecified atom stereocenters. The van der Waals surface area contributed by atoms with Gasteiger partial charge in [-0.3, -0.25) is 4.79 Å². The zero-order chi connectivity index (χ0) is 13.0. The number of aliphatic carboxylic acids is 1. The van der Waals surface area contributed by atoms with Gasteiger partial charge in [-0.05, 0) is 28.3 Å². The molecule has 2 aromatic rings. The third kappa shape index (κ3) is 2.96. The molecule has 2 rings (SSSR count). The van der Waals surface area contributed by atoms with E-state index >= 15 is 0 Å². The SMILES string of the molecule is O=C(O)Cc1cccc(-c2cccc(CO)c2)c1. The normalized spacial score (nSPS) is 10.3. The van der Waals surface area contributed by atoms with Crippen molar-refractivity contribution >= 4 is 5.97 Å². The molecule has 0 bridgehead atoms. The molecule has 0 saturated carbocycles. The van der Waals surface area contributed by atoms with Gasteiger partial charge >= 0.3 is 5.97 Å². The molecule has 0 aliphatic heterocycles. The van der Waals surface area contributed by atoms with Gasteiger partial charge in [0.1, 0.15) is 0 Å². The lowest BCUT2D eigenvalue weighted by Crippen LogP contribution is -1.99. The van der Waals surface area contributed by atoms with Crippen molar-refractivity contribution in [2.24, 2.45) is 0 Å². The van der Waals surface area contributed by atoms with Crippen molar-refractivity contribution in [1.82, 2.24) is 0 Å². The molecule has 2 N–H and O–H groups in total. The number of aliphatic hydroxyl groups is 1. The molecular formula is C15H14O3. The van der Waals surface area contributed by atoms with Crippen molar-refractivity contribution in [2.75, 3.05) is 0 Å². The van der Waals surface area contributed by atoms with Gasteiger partial charge in [0, 0.05) is 0 Å². The van der Waals surface area contributed by atoms with E-state index in [9.17, 15) is 4.79 Å². The van der Waals surface area contributed by atoms with Crippen LogP contribution in [0, 0.1) is 0 Å². The summed E-state index contributed by atoms with van der Waals surface area (Å²) in [5.74, 6) is -0.837. The van der Waals surface area contributed by atoms with Gasteiger partial charge in [0.2, 0.25) is 0 Å². The van der Waals surface area contributed by atoms with E-state index in [1.54, 1.807) is 6.07 Å². The van der Waals surface area contributed by atoms with Gasteiger partial charge in [-0.2, -0.15) is 0 Å². The fourth-order valence-electron chi connectivity index (χ4n) is 1.88. The van der Waals surface area contributed by atoms with Crippen LogP contribution in [-0.2, 0) is 17.8 Å². The van der Waals surface area contributed by atoms with Crippen LogP contribution in [0.1, 0.15) is 11.1 Å². The van der Waals surface area contributed by atoms with Gasteiger partial charge < -0.3 is 10.2 Å². The molecule has 0 fully saturated rings. The van der Waals surface area contributed by atoms with Crippen molar-refractivity contribution in [3.63, 3.8) is 0 Å². The maximum absolute atomic E-state index is 10.7. The zero-order valence-electron chi connectivity index (χ0n) is 9.84. The molecular weight excluding hydrogens is 228 g/mol. The Bertz CT molecular complexity index is 561. The van der Waals surface area contributed by atoms with Crippen molar-refractivity contribution < 1.29 is 15.0 Å². The van der Waals surface area contributed by atoms with Crippen molar-refractivity contribution in [2.45, 2.75) is 13.0 Å². The lowest BCUT2D eigenvalue weighted by Gasteiger charge is -2.05. The summed E-state index contributed by atoms with van der Waals surface area (Å²) in [7, 11) is 0. The van der Waals surface area contributed by atoms with Crippen LogP contribution in [-0.4, -0.2) is 16.2 Å². The number of carboxylic acid groups (broad SMARTS) is 1. The predicted octanol–water partition coefficient (Wildman–Crippen LogP) is 2.47. The summed E-state index contributed by atoms with van der Waals surface area (Å²) in [4.78, 5) is 10.7. The van der Waals surface area contributed by atoms with E-state index in [4.69, 9.17) is 10.2 Å². The molecule has 0 aliphatic rings. The molecule has 0 radical (unpaired) electrons. The van der Waals surface area contributed by atoms with Crippen molar-refractivity contribution in [3.05, 3.63) is 59.7 Å². The molecule has 0 saturated heterocycles. The zero-order valence-corrected chi connectivity index (χ0v) is 9.84. The number of carboxylic acids is 1. The highest BCUT2D eigenvalue weighted by Crippen LogP contribution is 2.21. The van der Waals surface area contributed by atoms with Crippen molar-refractivity contribution in [3.8, 4) is 11.1 Å². The predicted molar refractivity (Wildman–Crippen MR) is 69.1 cm³/mol. The molecule has 3 nitrogen and oxygen atoms in total. The second kappa shape index (κ2) is 5.47. The van der Waals surface area contributed by atoms with E-state index in [0.29, 0.717) is 0 Å². The van der Waals surface area contributed by atoms with Crippen LogP contribution < -0.4 is 0 Å². The van der Waals surface area contributed by atoms with Gasteiger partial charge in [-0.15, -0.1) is 0 Å². The van der Waals surface area contributed by atoms with E-state index in [-0.39, 0.29) is 13.0 Å². The Morgan fingerprint density at radius 3 is 2.06 bits per heavy atom. The molecule has 0 amide bonds. The second-order valence-electron chi connectivity index (χ2n) is 4.13. The number of hydrogen-bond donors (Lipinski definition) is 2. The number of carbonyl (C=O) groups is 1. The maximum atomic E-state index is 10.7. The summed E-state index contributed by atoms with van der Waals surface area (Å²) < 4.78 is 0. The molecule has 92 valence electrons. The third-order valence-electron chi connectivity index (χ3n) is 2.73. The van der Waals surface area contributed by atoms with Crippen LogP contribution in [0.25, 0.3) is 11.1 Å². The Kier molecular flexibility index (Phi) is 3.75. The van der Waals surface area contributed by atoms with Crippen LogP contribution in [0.3, 0.4) is 0 Å². The fourth-order valence-corrected chi connectivity index (χ4v) is 1.88. The lowest BCUT2D eigenvalue weighted by molar-refractivity contribution is -0.136. The van der Waals surface area contributed by atoms with Crippen LogP contribution in [0.15, 0.2) is 48.5 Å². The number of rotatable bonds is 4. The van der Waals surface area contributed by atoms with Crippen LogP contribution in [0.2, 0.25) is 0 Å². The quantitative estimate of drug-likeness (QED) is 0.866. The number of aliphatic hydroxyl groups excluding tert-OH is 1. The van der Waals surface area contributed by atoms with Crippen LogP contribution in [0.4, 0.5) is 0 Å². The highest BCUT2D eigenvalue weighted by atomic mass is 16.4. The largest absolute Gasteiger partial charge is 0.481 e. The summed E-state index contributed by atoms with van der Waals surface area (Å²) in [6.07, 6.45) is 0.0214. The first-order valence-electron chi connectivity index (χ1n) is 5.70. The maximum Gasteiger partial charge on any atom is 0.307 e. The summed E-state index contributed by atoms with van der Waals surface area (Å²) in [6.45, 7) is 0.00264. The monoisotopic (exact) mass is 242 g/mol. The Hall–Kier alpha value is -2.13. The first-order valence-corrected chi connectivity index (χ1v) is 5.70. The van der Waals surface area contributed by atoms with Crippen LogP contribution in [0.5, 0.6) is 0 Å². The Morgan fingerprint density at radius 1 is 0.944 bits per heavy atom. The summed E-state index contributed by atoms with van der Waals surface area (Å²) >= 11 is 0. The van der Waals surface area contributed by atoms with E-state index in [0.717, 1.165) is 22.3 Å². The molecule has 0 atom stereocenters. The summed E-state index contributed by atoms with van der Waals surface area (Å²) in [6, 6.07) is 15.0. The Balaban J connectivity index is 2.34. The summed E-state index contributed by atoms with van der Waals surface area (Å²) in [5.41, 5.74) is 3.56. The van der Waals surface area contributed by atoms with Gasteiger partial charge in [-0.25, -0.2) is 0 Å². The minimum Gasteiger partial charge on any atom is -0.481 e. The first-order chi connectivity index (χ1) is 8.69. The Morgan fingerprint density at radius 2 is 1.50 bits per heavy atom. The first kappa shape index (κ1) is 12.3. The lowest BCUT2D eigenvalue weighted by atomic mass is 10.0. The van der Waals surface area contributed by atoms with Gasteiger partial charge in [0.15, 0.2) is 0 Å². The van der Waals surface area contributed by atoms with Gasteiger partial charge in [-0.1, -0.05) is 42.5 Å². The highest BCUT2D eigenvalue weighted by molar-refractivity contribution is 5.72. The number of hydrogen-bond acceptors (Lipinski definition) is 2.